The van der Waals surface area contributed by atoms with Crippen molar-refractivity contribution in [3.63, 3.8) is 0 Å². The number of carbonyl (C=O) groups is 2. The predicted octanol–water partition coefficient (Wildman–Crippen LogP) is 3.00. The molecule has 0 bridgehead atoms. The van der Waals surface area contributed by atoms with E-state index in [4.69, 9.17) is 9.26 Å². The second-order valence-electron chi connectivity index (χ2n) is 9.22. The lowest BCUT2D eigenvalue weighted by atomic mass is 9.96. The Kier molecular flexibility index (Phi) is 7.88. The average Bonchev–Trinajstić information content (AvgIpc) is 3.27. The van der Waals surface area contributed by atoms with E-state index in [-0.39, 0.29) is 17.2 Å². The molecule has 1 aliphatic rings. The van der Waals surface area contributed by atoms with Crippen LogP contribution in [-0.2, 0) is 27.8 Å². The lowest BCUT2D eigenvalue weighted by molar-refractivity contribution is -0.139. The third-order valence-corrected chi connectivity index (χ3v) is 5.69. The highest BCUT2D eigenvalue weighted by molar-refractivity contribution is 5.78. The van der Waals surface area contributed by atoms with Crippen molar-refractivity contribution < 1.29 is 18.8 Å². The van der Waals surface area contributed by atoms with Gasteiger partial charge in [-0.1, -0.05) is 38.1 Å². The number of benzene rings is 1. The largest absolute Gasteiger partial charge is 0.497 e. The molecule has 174 valence electrons. The van der Waals surface area contributed by atoms with Gasteiger partial charge in [0.1, 0.15) is 5.75 Å². The van der Waals surface area contributed by atoms with Crippen LogP contribution in [0.2, 0.25) is 0 Å². The summed E-state index contributed by atoms with van der Waals surface area (Å²) in [6.45, 7) is 8.46. The molecule has 2 heterocycles. The normalized spacial score (nSPS) is 14.5. The number of piperazine rings is 1. The van der Waals surface area contributed by atoms with Crippen molar-refractivity contribution in [2.45, 2.75) is 58.3 Å². The molecule has 0 saturated carbocycles. The number of aryl methyl sites for hydroxylation is 2. The first-order valence-corrected chi connectivity index (χ1v) is 11.3. The Bertz CT molecular complexity index is 893. The van der Waals surface area contributed by atoms with Crippen LogP contribution in [0.1, 0.15) is 57.3 Å². The van der Waals surface area contributed by atoms with Crippen molar-refractivity contribution in [3.05, 3.63) is 41.5 Å². The predicted molar refractivity (Wildman–Crippen MR) is 120 cm³/mol. The van der Waals surface area contributed by atoms with Crippen LogP contribution in [0.15, 0.2) is 28.8 Å². The molecule has 0 radical (unpaired) electrons. The van der Waals surface area contributed by atoms with Gasteiger partial charge >= 0.3 is 0 Å². The number of carbonyl (C=O) groups excluding carboxylic acids is 2. The van der Waals surface area contributed by atoms with Crippen LogP contribution in [0.4, 0.5) is 0 Å². The molecule has 0 unspecified atom stereocenters. The van der Waals surface area contributed by atoms with Crippen LogP contribution in [0.5, 0.6) is 5.75 Å². The number of amides is 2. The molecule has 1 fully saturated rings. The van der Waals surface area contributed by atoms with Crippen LogP contribution in [0, 0.1) is 0 Å². The molecule has 1 aromatic heterocycles. The highest BCUT2D eigenvalue weighted by Crippen LogP contribution is 2.19. The molecule has 0 aliphatic carbocycles. The highest BCUT2D eigenvalue weighted by Gasteiger charge is 2.24. The Labute approximate surface area is 189 Å². The zero-order valence-electron chi connectivity index (χ0n) is 19.6. The van der Waals surface area contributed by atoms with E-state index in [0.29, 0.717) is 70.0 Å². The van der Waals surface area contributed by atoms with Gasteiger partial charge < -0.3 is 19.1 Å². The fraction of sp³-hybridized carbons (Fsp3) is 0.583. The summed E-state index contributed by atoms with van der Waals surface area (Å²) >= 11 is 0. The smallest absolute Gasteiger partial charge is 0.226 e. The number of hydrogen-bond donors (Lipinski definition) is 0. The summed E-state index contributed by atoms with van der Waals surface area (Å²) < 4.78 is 10.5. The molecule has 3 rings (SSSR count). The first-order valence-electron chi connectivity index (χ1n) is 11.3. The maximum Gasteiger partial charge on any atom is 0.226 e. The van der Waals surface area contributed by atoms with Gasteiger partial charge in [-0.2, -0.15) is 4.98 Å². The topological polar surface area (TPSA) is 88.8 Å². The molecule has 1 aliphatic heterocycles. The maximum atomic E-state index is 12.5. The molecule has 1 aromatic carbocycles. The molecule has 2 amide bonds. The Balaban J connectivity index is 1.35. The van der Waals surface area contributed by atoms with E-state index < -0.39 is 0 Å². The molecule has 0 spiro atoms. The minimum atomic E-state index is -0.149. The van der Waals surface area contributed by atoms with Crippen molar-refractivity contribution in [1.29, 1.82) is 0 Å². The quantitative estimate of drug-likeness (QED) is 0.624. The average molecular weight is 443 g/mol. The van der Waals surface area contributed by atoms with Crippen LogP contribution in [0.3, 0.4) is 0 Å². The summed E-state index contributed by atoms with van der Waals surface area (Å²) in [6, 6.07) is 7.79. The lowest BCUT2D eigenvalue weighted by Crippen LogP contribution is -2.50. The molecular weight excluding hydrogens is 408 g/mol. The number of hydrogen-bond acceptors (Lipinski definition) is 6. The second-order valence-corrected chi connectivity index (χ2v) is 9.22. The number of methoxy groups -OCH3 is 1. The van der Waals surface area contributed by atoms with Gasteiger partial charge in [0.25, 0.3) is 0 Å². The van der Waals surface area contributed by atoms with Gasteiger partial charge in [-0.3, -0.25) is 9.59 Å². The van der Waals surface area contributed by atoms with Crippen LogP contribution < -0.4 is 4.74 Å². The van der Waals surface area contributed by atoms with Gasteiger partial charge in [-0.25, -0.2) is 0 Å². The Morgan fingerprint density at radius 2 is 1.56 bits per heavy atom. The van der Waals surface area contributed by atoms with Gasteiger partial charge in [0.2, 0.25) is 17.7 Å². The maximum absolute atomic E-state index is 12.5. The van der Waals surface area contributed by atoms with Crippen LogP contribution in [-0.4, -0.2) is 65.0 Å². The summed E-state index contributed by atoms with van der Waals surface area (Å²) in [6.07, 6.45) is 2.89. The molecular formula is C24H34N4O4. The fourth-order valence-corrected chi connectivity index (χ4v) is 3.62. The monoisotopic (exact) mass is 442 g/mol. The van der Waals surface area contributed by atoms with Gasteiger partial charge in [0.05, 0.1) is 7.11 Å². The highest BCUT2D eigenvalue weighted by atomic mass is 16.5. The zero-order chi connectivity index (χ0) is 23.1. The third-order valence-electron chi connectivity index (χ3n) is 5.69. The van der Waals surface area contributed by atoms with Gasteiger partial charge in [0.15, 0.2) is 5.82 Å². The Hall–Kier alpha value is -2.90. The van der Waals surface area contributed by atoms with E-state index in [0.717, 1.165) is 11.3 Å². The summed E-state index contributed by atoms with van der Waals surface area (Å²) in [4.78, 5) is 33.2. The van der Waals surface area contributed by atoms with Crippen molar-refractivity contribution in [3.8, 4) is 5.75 Å². The summed E-state index contributed by atoms with van der Waals surface area (Å²) in [5.41, 5.74) is 0.965. The standard InChI is InChI=1S/C24H34N4O4/c1-24(2,3)23-25-20(32-26-23)6-5-7-21(29)27-14-16-28(17-15-27)22(30)13-10-18-8-11-19(31-4)12-9-18/h8-9,11-12H,5-7,10,13-17H2,1-4H3. The molecule has 1 saturated heterocycles. The van der Waals surface area contributed by atoms with E-state index >= 15 is 0 Å². The minimum Gasteiger partial charge on any atom is -0.497 e. The number of aromatic nitrogens is 2. The minimum absolute atomic E-state index is 0.117. The van der Waals surface area contributed by atoms with Gasteiger partial charge in [-0.15, -0.1) is 0 Å². The molecule has 0 atom stereocenters. The van der Waals surface area contributed by atoms with E-state index in [1.807, 2.05) is 54.8 Å². The molecule has 2 aromatic rings. The second kappa shape index (κ2) is 10.6. The lowest BCUT2D eigenvalue weighted by Gasteiger charge is -2.35. The van der Waals surface area contributed by atoms with Gasteiger partial charge in [0, 0.05) is 50.9 Å². The van der Waals surface area contributed by atoms with Gasteiger partial charge in [-0.05, 0) is 30.5 Å². The number of ether oxygens (including phenoxy) is 1. The molecule has 0 N–H and O–H groups in total. The summed E-state index contributed by atoms with van der Waals surface area (Å²) in [5.74, 6) is 2.33. The zero-order valence-corrected chi connectivity index (χ0v) is 19.6. The molecule has 8 heteroatoms. The van der Waals surface area contributed by atoms with E-state index in [1.54, 1.807) is 7.11 Å². The van der Waals surface area contributed by atoms with E-state index in [2.05, 4.69) is 10.1 Å². The Morgan fingerprint density at radius 3 is 2.09 bits per heavy atom. The summed E-state index contributed by atoms with van der Waals surface area (Å²) in [5, 5.41) is 4.02. The van der Waals surface area contributed by atoms with Crippen molar-refractivity contribution in [2.75, 3.05) is 33.3 Å². The number of nitrogens with zero attached hydrogens (tertiary/aromatic N) is 4. The van der Waals surface area contributed by atoms with E-state index in [9.17, 15) is 9.59 Å². The van der Waals surface area contributed by atoms with Crippen molar-refractivity contribution in [1.82, 2.24) is 19.9 Å². The first kappa shape index (κ1) is 23.8. The van der Waals surface area contributed by atoms with Crippen LogP contribution in [0.25, 0.3) is 0 Å². The van der Waals surface area contributed by atoms with Crippen LogP contribution >= 0.6 is 0 Å². The summed E-state index contributed by atoms with van der Waals surface area (Å²) in [7, 11) is 1.64. The fourth-order valence-electron chi connectivity index (χ4n) is 3.62. The molecule has 8 nitrogen and oxygen atoms in total. The third kappa shape index (κ3) is 6.55. The first-order chi connectivity index (χ1) is 15.3. The Morgan fingerprint density at radius 1 is 0.969 bits per heavy atom. The van der Waals surface area contributed by atoms with Crippen molar-refractivity contribution in [2.24, 2.45) is 0 Å². The molecule has 32 heavy (non-hydrogen) atoms. The SMILES string of the molecule is COc1ccc(CCC(=O)N2CCN(C(=O)CCCc3nc(C(C)(C)C)no3)CC2)cc1. The van der Waals surface area contributed by atoms with Crippen molar-refractivity contribution >= 4 is 11.8 Å². The van der Waals surface area contributed by atoms with E-state index in [1.165, 1.54) is 0 Å². The number of rotatable bonds is 8.